The standard InChI is InChI=1S/C28H22Cl2FN3O5S/c1-37-26(35)14-9-17(31)23-20(10-14)40-28(32-23)34-11-12-7-18(34)19(8-12)38-27(36)22-24(33-39-25(22)13-5-6-13)21-15(29)3-2-4-16(21)30/h2-4,9-10,12-13,18-19H,5-8,11H2,1H3/t12-,18+,19-/m0/s1. The summed E-state index contributed by atoms with van der Waals surface area (Å²) in [6, 6.07) is 7.70. The molecule has 3 atom stereocenters. The summed E-state index contributed by atoms with van der Waals surface area (Å²) >= 11 is 14.2. The number of carbonyl (C=O) groups excluding carboxylic acids is 2. The molecular formula is C28H22Cl2FN3O5S. The summed E-state index contributed by atoms with van der Waals surface area (Å²) in [7, 11) is 1.25. The Hall–Kier alpha value is -3.21. The van der Waals surface area contributed by atoms with Gasteiger partial charge in [-0.25, -0.2) is 19.0 Å². The van der Waals surface area contributed by atoms with Gasteiger partial charge in [-0.3, -0.25) is 0 Å². The molecule has 2 aliphatic carbocycles. The fourth-order valence-corrected chi connectivity index (χ4v) is 7.53. The van der Waals surface area contributed by atoms with Crippen molar-refractivity contribution < 1.29 is 28.0 Å². The summed E-state index contributed by atoms with van der Waals surface area (Å²) in [5.74, 6) is -0.815. The van der Waals surface area contributed by atoms with E-state index >= 15 is 0 Å². The van der Waals surface area contributed by atoms with Crippen LogP contribution in [0.4, 0.5) is 9.52 Å². The SMILES string of the molecule is COC(=O)c1cc(F)c2nc(N3C[C@@H]4C[C@H](OC(=O)c5c(-c6c(Cl)cccc6Cl)noc5C5CC5)[C@H]3C4)sc2c1. The third-order valence-corrected chi connectivity index (χ3v) is 9.53. The summed E-state index contributed by atoms with van der Waals surface area (Å²) in [6.07, 6.45) is 2.94. The van der Waals surface area contributed by atoms with E-state index in [1.165, 1.54) is 18.4 Å². The van der Waals surface area contributed by atoms with Crippen molar-refractivity contribution in [1.82, 2.24) is 10.1 Å². The molecule has 12 heteroatoms. The highest BCUT2D eigenvalue weighted by Crippen LogP contribution is 2.48. The van der Waals surface area contributed by atoms with Gasteiger partial charge in [-0.05, 0) is 55.9 Å². The van der Waals surface area contributed by atoms with Crippen LogP contribution >= 0.6 is 34.5 Å². The average molecular weight is 602 g/mol. The Bertz CT molecular complexity index is 1670. The maximum atomic E-state index is 14.8. The van der Waals surface area contributed by atoms with Crippen molar-refractivity contribution in [3.05, 3.63) is 63.1 Å². The number of hydrogen-bond donors (Lipinski definition) is 0. The molecule has 2 aromatic heterocycles. The highest BCUT2D eigenvalue weighted by atomic mass is 35.5. The maximum absolute atomic E-state index is 14.8. The van der Waals surface area contributed by atoms with E-state index in [1.54, 1.807) is 24.3 Å². The molecule has 0 radical (unpaired) electrons. The van der Waals surface area contributed by atoms with Gasteiger partial charge < -0.3 is 18.9 Å². The number of carbonyl (C=O) groups is 2. The van der Waals surface area contributed by atoms with Crippen molar-refractivity contribution in [3.8, 4) is 11.3 Å². The maximum Gasteiger partial charge on any atom is 0.344 e. The normalized spacial score (nSPS) is 21.8. The van der Waals surface area contributed by atoms with Gasteiger partial charge in [0.2, 0.25) is 0 Å². The van der Waals surface area contributed by atoms with E-state index in [0.717, 1.165) is 31.9 Å². The van der Waals surface area contributed by atoms with Crippen molar-refractivity contribution in [2.75, 3.05) is 18.6 Å². The Morgan fingerprint density at radius 3 is 2.62 bits per heavy atom. The Kier molecular flexibility index (Phi) is 6.25. The van der Waals surface area contributed by atoms with Crippen LogP contribution in [0.15, 0.2) is 34.9 Å². The lowest BCUT2D eigenvalue weighted by Gasteiger charge is -2.32. The first kappa shape index (κ1) is 25.7. The van der Waals surface area contributed by atoms with Crippen molar-refractivity contribution in [2.24, 2.45) is 5.92 Å². The quantitative estimate of drug-likeness (QED) is 0.221. The van der Waals surface area contributed by atoms with Crippen LogP contribution in [0.25, 0.3) is 21.5 Å². The zero-order chi connectivity index (χ0) is 27.7. The number of rotatable bonds is 6. The minimum Gasteiger partial charge on any atom is -0.465 e. The number of esters is 2. The Labute approximate surface area is 241 Å². The minimum atomic E-state index is -0.611. The monoisotopic (exact) mass is 601 g/mol. The summed E-state index contributed by atoms with van der Waals surface area (Å²) < 4.78 is 31.9. The van der Waals surface area contributed by atoms with Crippen molar-refractivity contribution in [2.45, 2.75) is 43.7 Å². The van der Waals surface area contributed by atoms with E-state index in [9.17, 15) is 14.0 Å². The van der Waals surface area contributed by atoms with Crippen LogP contribution < -0.4 is 4.90 Å². The number of thiazole rings is 1. The summed E-state index contributed by atoms with van der Waals surface area (Å²) in [6.45, 7) is 0.727. The Balaban J connectivity index is 1.18. The summed E-state index contributed by atoms with van der Waals surface area (Å²) in [5, 5.41) is 5.55. The molecule has 40 heavy (non-hydrogen) atoms. The van der Waals surface area contributed by atoms with Crippen LogP contribution in [0.5, 0.6) is 0 Å². The van der Waals surface area contributed by atoms with Gasteiger partial charge in [0.15, 0.2) is 16.7 Å². The third kappa shape index (κ3) is 4.24. The molecule has 7 rings (SSSR count). The van der Waals surface area contributed by atoms with Crippen LogP contribution in [0.3, 0.4) is 0 Å². The molecule has 1 aliphatic heterocycles. The molecule has 206 valence electrons. The molecular weight excluding hydrogens is 580 g/mol. The molecule has 0 N–H and O–H groups in total. The van der Waals surface area contributed by atoms with Crippen molar-refractivity contribution in [1.29, 1.82) is 0 Å². The predicted octanol–water partition coefficient (Wildman–Crippen LogP) is 6.89. The van der Waals surface area contributed by atoms with E-state index in [-0.39, 0.29) is 34.3 Å². The van der Waals surface area contributed by atoms with Crippen LogP contribution in [-0.4, -0.2) is 47.9 Å². The molecule has 3 aliphatic rings. The Morgan fingerprint density at radius 1 is 1.15 bits per heavy atom. The number of fused-ring (bicyclic) bond motifs is 3. The van der Waals surface area contributed by atoms with E-state index in [1.807, 2.05) is 0 Å². The second-order valence-corrected chi connectivity index (χ2v) is 12.3. The van der Waals surface area contributed by atoms with Gasteiger partial charge >= 0.3 is 11.9 Å². The highest BCUT2D eigenvalue weighted by Gasteiger charge is 2.49. The lowest BCUT2D eigenvalue weighted by molar-refractivity contribution is 0.0246. The number of anilines is 1. The topological polar surface area (TPSA) is 94.8 Å². The lowest BCUT2D eigenvalue weighted by Crippen LogP contribution is -2.43. The number of hydrogen-bond acceptors (Lipinski definition) is 9. The first-order valence-corrected chi connectivity index (χ1v) is 14.5. The summed E-state index contributed by atoms with van der Waals surface area (Å²) in [5.41, 5.74) is 1.32. The number of halogens is 3. The largest absolute Gasteiger partial charge is 0.465 e. The fourth-order valence-electron chi connectivity index (χ4n) is 5.86. The second-order valence-electron chi connectivity index (χ2n) is 10.4. The van der Waals surface area contributed by atoms with Gasteiger partial charge in [0.05, 0.1) is 33.5 Å². The molecule has 4 aromatic rings. The molecule has 0 spiro atoms. The number of methoxy groups -OCH3 is 1. The zero-order valence-electron chi connectivity index (χ0n) is 21.2. The predicted molar refractivity (Wildman–Crippen MR) is 148 cm³/mol. The van der Waals surface area contributed by atoms with Crippen LogP contribution in [0, 0.1) is 11.7 Å². The first-order chi connectivity index (χ1) is 19.3. The molecule has 1 saturated heterocycles. The lowest BCUT2D eigenvalue weighted by atomic mass is 10.0. The Morgan fingerprint density at radius 2 is 1.93 bits per heavy atom. The number of ether oxygens (including phenoxy) is 2. The van der Waals surface area contributed by atoms with Crippen LogP contribution in [0.2, 0.25) is 10.0 Å². The number of aromatic nitrogens is 2. The number of nitrogens with zero attached hydrogens (tertiary/aromatic N) is 3. The van der Waals surface area contributed by atoms with Gasteiger partial charge in [0, 0.05) is 18.0 Å². The molecule has 3 fully saturated rings. The molecule has 0 amide bonds. The van der Waals surface area contributed by atoms with Gasteiger partial charge in [-0.1, -0.05) is 45.8 Å². The number of piperidine rings is 1. The second kappa shape index (κ2) is 9.71. The molecule has 2 aromatic carbocycles. The van der Waals surface area contributed by atoms with Gasteiger partial charge in [0.25, 0.3) is 0 Å². The van der Waals surface area contributed by atoms with Crippen LogP contribution in [-0.2, 0) is 9.47 Å². The third-order valence-electron chi connectivity index (χ3n) is 7.86. The first-order valence-electron chi connectivity index (χ1n) is 12.9. The van der Waals surface area contributed by atoms with E-state index in [0.29, 0.717) is 43.5 Å². The molecule has 0 unspecified atom stereocenters. The van der Waals surface area contributed by atoms with Gasteiger partial charge in [-0.15, -0.1) is 0 Å². The van der Waals surface area contributed by atoms with Gasteiger partial charge in [-0.2, -0.15) is 0 Å². The van der Waals surface area contributed by atoms with Crippen LogP contribution in [0.1, 0.15) is 58.1 Å². The van der Waals surface area contributed by atoms with Crippen molar-refractivity contribution >= 4 is 61.8 Å². The molecule has 2 saturated carbocycles. The molecule has 3 heterocycles. The summed E-state index contributed by atoms with van der Waals surface area (Å²) in [4.78, 5) is 32.3. The molecule has 2 bridgehead atoms. The van der Waals surface area contributed by atoms with Crippen molar-refractivity contribution in [3.63, 3.8) is 0 Å². The average Bonchev–Trinajstić information content (AvgIpc) is 3.26. The zero-order valence-corrected chi connectivity index (χ0v) is 23.5. The fraction of sp³-hybridized carbons (Fsp3) is 0.357. The van der Waals surface area contributed by atoms with E-state index < -0.39 is 23.9 Å². The highest BCUT2D eigenvalue weighted by molar-refractivity contribution is 7.22. The van der Waals surface area contributed by atoms with E-state index in [4.69, 9.17) is 37.2 Å². The minimum absolute atomic E-state index is 0.106. The van der Waals surface area contributed by atoms with E-state index in [2.05, 4.69) is 15.0 Å². The van der Waals surface area contributed by atoms with Gasteiger partial charge in [0.1, 0.15) is 22.9 Å². The molecule has 8 nitrogen and oxygen atoms in total. The smallest absolute Gasteiger partial charge is 0.344 e. The number of benzene rings is 2.